The van der Waals surface area contributed by atoms with Gasteiger partial charge in [0.25, 0.3) is 5.91 Å². The average molecular weight is 463 g/mol. The summed E-state index contributed by atoms with van der Waals surface area (Å²) in [5.41, 5.74) is -1.98. The van der Waals surface area contributed by atoms with Crippen LogP contribution >= 0.6 is 0 Å². The monoisotopic (exact) mass is 463 g/mol. The highest BCUT2D eigenvalue weighted by Crippen LogP contribution is 2.34. The van der Waals surface area contributed by atoms with Gasteiger partial charge in [-0.15, -0.1) is 12.8 Å². The van der Waals surface area contributed by atoms with Crippen LogP contribution in [0.1, 0.15) is 29.4 Å². The number of hydrogen-bond donors (Lipinski definition) is 3. The van der Waals surface area contributed by atoms with Crippen molar-refractivity contribution < 1.29 is 36.4 Å². The highest BCUT2D eigenvalue weighted by molar-refractivity contribution is 7.82. The molecule has 1 aromatic heterocycles. The van der Waals surface area contributed by atoms with Crippen molar-refractivity contribution in [3.05, 3.63) is 41.5 Å². The largest absolute Gasteiger partial charge is 0.490 e. The SMILES string of the molecule is C#C.CC(O)CCOc1c(S(N)=O)cn(C)c1C(=O)Nc1ccc(F)c(C(F)(F)F)c1. The van der Waals surface area contributed by atoms with Crippen molar-refractivity contribution in [3.8, 4) is 18.6 Å². The Morgan fingerprint density at radius 3 is 2.52 bits per heavy atom. The van der Waals surface area contributed by atoms with Gasteiger partial charge in [-0.05, 0) is 25.1 Å². The van der Waals surface area contributed by atoms with Gasteiger partial charge in [-0.25, -0.2) is 13.7 Å². The predicted octanol–water partition coefficient (Wildman–Crippen LogP) is 2.82. The van der Waals surface area contributed by atoms with E-state index in [1.54, 1.807) is 0 Å². The number of ether oxygens (including phenoxy) is 1. The summed E-state index contributed by atoms with van der Waals surface area (Å²) in [5, 5.41) is 17.0. The number of aromatic nitrogens is 1. The minimum Gasteiger partial charge on any atom is -0.490 e. The molecule has 2 rings (SSSR count). The molecule has 31 heavy (non-hydrogen) atoms. The average Bonchev–Trinajstić information content (AvgIpc) is 3.00. The molecule has 1 amide bonds. The first kappa shape index (κ1) is 26.2. The van der Waals surface area contributed by atoms with Crippen LogP contribution in [0, 0.1) is 18.7 Å². The molecule has 170 valence electrons. The van der Waals surface area contributed by atoms with Crippen LogP contribution in [0.2, 0.25) is 0 Å². The van der Waals surface area contributed by atoms with E-state index in [1.165, 1.54) is 24.7 Å². The zero-order valence-electron chi connectivity index (χ0n) is 16.6. The summed E-state index contributed by atoms with van der Waals surface area (Å²) in [6, 6.07) is 2.03. The minimum absolute atomic E-state index is 0.00155. The molecular weight excluding hydrogens is 442 g/mol. The molecule has 0 radical (unpaired) electrons. The van der Waals surface area contributed by atoms with Gasteiger partial charge < -0.3 is 19.7 Å². The third kappa shape index (κ3) is 6.81. The van der Waals surface area contributed by atoms with Crippen LogP contribution in [0.4, 0.5) is 23.2 Å². The lowest BCUT2D eigenvalue weighted by Gasteiger charge is -2.13. The number of halogens is 4. The van der Waals surface area contributed by atoms with Crippen LogP contribution in [-0.2, 0) is 24.2 Å². The Kier molecular flexibility index (Phi) is 9.23. The Bertz CT molecular complexity index is 971. The van der Waals surface area contributed by atoms with Crippen molar-refractivity contribution >= 4 is 22.6 Å². The van der Waals surface area contributed by atoms with Crippen LogP contribution < -0.4 is 15.2 Å². The van der Waals surface area contributed by atoms with Gasteiger partial charge in [0.05, 0.1) is 18.3 Å². The van der Waals surface area contributed by atoms with Crippen LogP contribution in [0.15, 0.2) is 29.3 Å². The predicted molar refractivity (Wildman–Crippen MR) is 107 cm³/mol. The van der Waals surface area contributed by atoms with Crippen molar-refractivity contribution in [2.75, 3.05) is 11.9 Å². The molecule has 1 aromatic carbocycles. The molecule has 4 N–H and O–H groups in total. The number of anilines is 1. The third-order valence-electron chi connectivity index (χ3n) is 3.85. The van der Waals surface area contributed by atoms with Crippen molar-refractivity contribution in [1.29, 1.82) is 0 Å². The van der Waals surface area contributed by atoms with E-state index in [-0.39, 0.29) is 35.1 Å². The van der Waals surface area contributed by atoms with Gasteiger partial charge in [0, 0.05) is 25.4 Å². The molecule has 0 aliphatic carbocycles. The topological polar surface area (TPSA) is 107 Å². The number of terminal acetylenes is 1. The number of rotatable bonds is 7. The lowest BCUT2D eigenvalue weighted by atomic mass is 10.1. The number of nitrogens with one attached hydrogen (secondary N) is 1. The summed E-state index contributed by atoms with van der Waals surface area (Å²) in [7, 11) is -0.583. The van der Waals surface area contributed by atoms with Gasteiger partial charge in [-0.2, -0.15) is 13.2 Å². The number of nitrogens with two attached hydrogens (primary N) is 1. The quantitative estimate of drug-likeness (QED) is 0.434. The van der Waals surface area contributed by atoms with Crippen LogP contribution in [0.3, 0.4) is 0 Å². The summed E-state index contributed by atoms with van der Waals surface area (Å²) in [4.78, 5) is 12.7. The third-order valence-corrected chi connectivity index (χ3v) is 4.57. The van der Waals surface area contributed by atoms with Crippen molar-refractivity contribution in [2.24, 2.45) is 12.2 Å². The Hall–Kier alpha value is -2.88. The minimum atomic E-state index is -4.94. The molecule has 7 nitrogen and oxygen atoms in total. The van der Waals surface area contributed by atoms with Gasteiger partial charge in [-0.1, -0.05) is 0 Å². The maximum atomic E-state index is 13.4. The summed E-state index contributed by atoms with van der Waals surface area (Å²) in [5.74, 6) is -2.47. The molecule has 2 atom stereocenters. The van der Waals surface area contributed by atoms with Crippen molar-refractivity contribution in [3.63, 3.8) is 0 Å². The van der Waals surface area contributed by atoms with E-state index >= 15 is 0 Å². The van der Waals surface area contributed by atoms with Gasteiger partial charge in [0.2, 0.25) is 0 Å². The zero-order chi connectivity index (χ0) is 23.9. The molecule has 0 fully saturated rings. The number of carbonyl (C=O) groups is 1. The molecule has 0 bridgehead atoms. The smallest absolute Gasteiger partial charge is 0.419 e. The van der Waals surface area contributed by atoms with Crippen molar-refractivity contribution in [1.82, 2.24) is 4.57 Å². The number of aliphatic hydroxyl groups is 1. The Morgan fingerprint density at radius 1 is 1.39 bits per heavy atom. The number of amides is 1. The van der Waals surface area contributed by atoms with E-state index in [1.807, 2.05) is 0 Å². The van der Waals surface area contributed by atoms with Gasteiger partial charge >= 0.3 is 6.18 Å². The summed E-state index contributed by atoms with van der Waals surface area (Å²) in [6.07, 6.45) is 3.87. The molecule has 0 saturated heterocycles. The van der Waals surface area contributed by atoms with E-state index in [2.05, 4.69) is 18.2 Å². The van der Waals surface area contributed by atoms with Gasteiger partial charge in [0.15, 0.2) is 11.4 Å². The van der Waals surface area contributed by atoms with Crippen molar-refractivity contribution in [2.45, 2.75) is 30.5 Å². The lowest BCUT2D eigenvalue weighted by Crippen LogP contribution is -2.18. The number of alkyl halides is 3. The fourth-order valence-corrected chi connectivity index (χ4v) is 3.06. The number of aryl methyl sites for hydroxylation is 1. The Labute approximate surface area is 178 Å². The number of benzene rings is 1. The second-order valence-corrected chi connectivity index (χ2v) is 7.25. The maximum absolute atomic E-state index is 13.4. The molecular formula is C19H21F4N3O4S. The normalized spacial score (nSPS) is 13.0. The second kappa shape index (κ2) is 10.9. The van der Waals surface area contributed by atoms with Gasteiger partial charge in [0.1, 0.15) is 21.7 Å². The Balaban J connectivity index is 0.00000233. The first-order valence-corrected chi connectivity index (χ1v) is 9.81. The number of nitrogens with zero attached hydrogens (tertiary/aromatic N) is 1. The lowest BCUT2D eigenvalue weighted by molar-refractivity contribution is -0.139. The maximum Gasteiger partial charge on any atom is 0.419 e. The molecule has 2 aromatic rings. The van der Waals surface area contributed by atoms with Gasteiger partial charge in [-0.3, -0.25) is 4.79 Å². The van der Waals surface area contributed by atoms with Crippen LogP contribution in [0.5, 0.6) is 5.75 Å². The Morgan fingerprint density at radius 2 is 2.00 bits per heavy atom. The molecule has 2 unspecified atom stereocenters. The standard InChI is InChI=1S/C17H19F4N3O4S.C2H2/c1-9(25)5-6-28-15-13(29(22)27)8-24(2)14(15)16(26)23-10-3-4-12(18)11(7-10)17(19,20)21;1-2/h3-4,7-9,25H,5-6,22H2,1-2H3,(H,23,26);1-2H. The molecule has 0 aliphatic rings. The van der Waals surface area contributed by atoms with E-state index in [0.29, 0.717) is 12.1 Å². The summed E-state index contributed by atoms with van der Waals surface area (Å²) >= 11 is 0. The number of hydrogen-bond acceptors (Lipinski definition) is 4. The number of aliphatic hydroxyl groups excluding tert-OH is 1. The van der Waals surface area contributed by atoms with Crippen LogP contribution in [-0.4, -0.2) is 32.5 Å². The van der Waals surface area contributed by atoms with E-state index in [0.717, 1.165) is 6.07 Å². The zero-order valence-corrected chi connectivity index (χ0v) is 17.4. The highest BCUT2D eigenvalue weighted by Gasteiger charge is 2.34. The summed E-state index contributed by atoms with van der Waals surface area (Å²) in [6.45, 7) is 1.50. The van der Waals surface area contributed by atoms with E-state index < -0.39 is 40.6 Å². The highest BCUT2D eigenvalue weighted by atomic mass is 32.2. The van der Waals surface area contributed by atoms with E-state index in [4.69, 9.17) is 9.88 Å². The van der Waals surface area contributed by atoms with Crippen LogP contribution in [0.25, 0.3) is 0 Å². The first-order chi connectivity index (χ1) is 14.4. The summed E-state index contributed by atoms with van der Waals surface area (Å²) < 4.78 is 70.5. The second-order valence-electron chi connectivity index (χ2n) is 6.21. The first-order valence-electron chi connectivity index (χ1n) is 8.59. The molecule has 12 heteroatoms. The van der Waals surface area contributed by atoms with E-state index in [9.17, 15) is 31.7 Å². The fourth-order valence-electron chi connectivity index (χ4n) is 2.46. The number of carbonyl (C=O) groups excluding carboxylic acids is 1. The molecule has 0 aliphatic heterocycles. The molecule has 0 saturated carbocycles. The molecule has 1 heterocycles. The fraction of sp³-hybridized carbons (Fsp3) is 0.316. The molecule has 0 spiro atoms.